The molecule has 0 saturated heterocycles. The van der Waals surface area contributed by atoms with Crippen molar-refractivity contribution in [1.82, 2.24) is 15.3 Å². The predicted octanol–water partition coefficient (Wildman–Crippen LogP) is 4.97. The van der Waals surface area contributed by atoms with Crippen LogP contribution in [0.3, 0.4) is 0 Å². The molecule has 0 amide bonds. The number of benzene rings is 2. The van der Waals surface area contributed by atoms with Crippen LogP contribution in [0.25, 0.3) is 16.3 Å². The van der Waals surface area contributed by atoms with Gasteiger partial charge in [0, 0.05) is 28.6 Å². The van der Waals surface area contributed by atoms with Crippen molar-refractivity contribution in [1.29, 1.82) is 0 Å². The molecule has 4 aromatic rings. The van der Waals surface area contributed by atoms with Crippen LogP contribution >= 0.6 is 11.3 Å². The maximum Gasteiger partial charge on any atom is 0.127 e. The van der Waals surface area contributed by atoms with Crippen LogP contribution in [0.5, 0.6) is 5.75 Å². The first-order valence-corrected chi connectivity index (χ1v) is 11.6. The number of aliphatic hydroxyl groups excluding tert-OH is 1. The van der Waals surface area contributed by atoms with Gasteiger partial charge in [0.05, 0.1) is 12.6 Å². The number of hydrogen-bond acceptors (Lipinski definition) is 6. The monoisotopic (exact) mass is 443 g/mol. The summed E-state index contributed by atoms with van der Waals surface area (Å²) in [5, 5.41) is 14.7. The summed E-state index contributed by atoms with van der Waals surface area (Å²) < 4.78 is 6.09. The molecule has 1 unspecified atom stereocenters. The normalized spacial score (nSPS) is 15.9. The molecule has 32 heavy (non-hydrogen) atoms. The number of rotatable bonds is 6. The quantitative estimate of drug-likeness (QED) is 0.440. The van der Waals surface area contributed by atoms with E-state index in [9.17, 15) is 5.11 Å². The molecule has 1 atom stereocenters. The van der Waals surface area contributed by atoms with Crippen molar-refractivity contribution in [2.75, 3.05) is 6.54 Å². The highest BCUT2D eigenvalue weighted by Crippen LogP contribution is 2.34. The van der Waals surface area contributed by atoms with Crippen LogP contribution in [-0.2, 0) is 19.6 Å². The van der Waals surface area contributed by atoms with Crippen LogP contribution in [0.2, 0.25) is 0 Å². The van der Waals surface area contributed by atoms with Gasteiger partial charge in [-0.3, -0.25) is 0 Å². The summed E-state index contributed by atoms with van der Waals surface area (Å²) in [6.45, 7) is 3.44. The number of aryl methyl sites for hydroxylation is 1. The zero-order valence-corrected chi connectivity index (χ0v) is 18.7. The van der Waals surface area contributed by atoms with Crippen molar-refractivity contribution in [2.45, 2.75) is 32.6 Å². The van der Waals surface area contributed by atoms with Crippen LogP contribution in [0.1, 0.15) is 38.7 Å². The summed E-state index contributed by atoms with van der Waals surface area (Å²) in [5.74, 6) is 0.761. The zero-order valence-electron chi connectivity index (χ0n) is 17.9. The third-order valence-electron chi connectivity index (χ3n) is 5.87. The second kappa shape index (κ2) is 9.20. The van der Waals surface area contributed by atoms with Gasteiger partial charge in [0.25, 0.3) is 0 Å². The number of nitrogens with one attached hydrogen (secondary N) is 1. The largest absolute Gasteiger partial charge is 0.489 e. The van der Waals surface area contributed by atoms with Gasteiger partial charge in [0.1, 0.15) is 23.5 Å². The lowest BCUT2D eigenvalue weighted by Crippen LogP contribution is -2.28. The molecule has 6 heteroatoms. The summed E-state index contributed by atoms with van der Waals surface area (Å²) in [6.07, 6.45) is 8.78. The average molecular weight is 444 g/mol. The van der Waals surface area contributed by atoms with Gasteiger partial charge in [0.15, 0.2) is 0 Å². The number of hydrogen-bond donors (Lipinski definition) is 2. The minimum atomic E-state index is -0.0561. The molecule has 0 bridgehead atoms. The molecular weight excluding hydrogens is 418 g/mol. The minimum Gasteiger partial charge on any atom is -0.489 e. The summed E-state index contributed by atoms with van der Waals surface area (Å²) in [5.41, 5.74) is 5.54. The van der Waals surface area contributed by atoms with Gasteiger partial charge in [0.2, 0.25) is 0 Å². The van der Waals surface area contributed by atoms with Gasteiger partial charge >= 0.3 is 0 Å². The number of aliphatic hydroxyl groups is 1. The van der Waals surface area contributed by atoms with Gasteiger partial charge < -0.3 is 15.2 Å². The number of fused-ring (bicyclic) bond motifs is 2. The summed E-state index contributed by atoms with van der Waals surface area (Å²) >= 11 is 1.69. The number of nitrogens with zero attached hydrogens (tertiary/aromatic N) is 2. The molecule has 5 nitrogen and oxygen atoms in total. The molecule has 1 aliphatic heterocycles. The Morgan fingerprint density at radius 2 is 2.12 bits per heavy atom. The van der Waals surface area contributed by atoms with Crippen LogP contribution in [0.4, 0.5) is 0 Å². The van der Waals surface area contributed by atoms with E-state index in [1.807, 2.05) is 36.5 Å². The highest BCUT2D eigenvalue weighted by Gasteiger charge is 2.21. The maximum atomic E-state index is 10.0. The molecule has 3 heterocycles. The molecule has 5 rings (SSSR count). The van der Waals surface area contributed by atoms with E-state index < -0.39 is 0 Å². The molecule has 0 aliphatic carbocycles. The van der Waals surface area contributed by atoms with E-state index in [2.05, 4.69) is 46.5 Å². The van der Waals surface area contributed by atoms with E-state index in [1.54, 1.807) is 17.7 Å². The third-order valence-corrected chi connectivity index (χ3v) is 6.92. The summed E-state index contributed by atoms with van der Waals surface area (Å²) in [4.78, 5) is 10.8. The molecule has 2 aromatic heterocycles. The number of ether oxygens (including phenoxy) is 1. The predicted molar refractivity (Wildman–Crippen MR) is 129 cm³/mol. The summed E-state index contributed by atoms with van der Waals surface area (Å²) in [6, 6.07) is 14.4. The first kappa shape index (κ1) is 20.8. The van der Waals surface area contributed by atoms with E-state index in [0.29, 0.717) is 6.61 Å². The Balaban J connectivity index is 1.42. The Hall–Kier alpha value is -3.06. The van der Waals surface area contributed by atoms with E-state index in [0.717, 1.165) is 40.1 Å². The maximum absolute atomic E-state index is 10.0. The fourth-order valence-electron chi connectivity index (χ4n) is 4.20. The number of thiophene rings is 1. The first-order valence-electron chi connectivity index (χ1n) is 10.8. The smallest absolute Gasteiger partial charge is 0.127 e. The van der Waals surface area contributed by atoms with Crippen molar-refractivity contribution in [3.05, 3.63) is 93.8 Å². The Bertz CT molecular complexity index is 1270. The van der Waals surface area contributed by atoms with Crippen LogP contribution in [0, 0.1) is 6.92 Å². The van der Waals surface area contributed by atoms with Gasteiger partial charge in [-0.05, 0) is 47.7 Å². The average Bonchev–Trinajstić information content (AvgIpc) is 3.16. The first-order chi connectivity index (χ1) is 15.7. The highest BCUT2D eigenvalue weighted by atomic mass is 32.1. The van der Waals surface area contributed by atoms with Crippen molar-refractivity contribution in [3.63, 3.8) is 0 Å². The Labute approximate surface area is 191 Å². The Kier molecular flexibility index (Phi) is 5.99. The fraction of sp³-hybridized carbons (Fsp3) is 0.231. The standard InChI is InChI=1S/C26H25N3O2S/c1-17-21(23-13-27-16-29-26(23)32-17)7-8-24-22-11-20(14-30)25(12-19(22)9-10-28-24)31-15-18-5-3-2-4-6-18/h2-8,11-13,16,24,28,30H,9-10,14-15H2,1H3/b8-7+. The van der Waals surface area contributed by atoms with Crippen molar-refractivity contribution in [3.8, 4) is 5.75 Å². The van der Waals surface area contributed by atoms with Gasteiger partial charge in [-0.25, -0.2) is 9.97 Å². The number of aromatic nitrogens is 2. The highest BCUT2D eigenvalue weighted by molar-refractivity contribution is 7.18. The molecular formula is C26H25N3O2S. The van der Waals surface area contributed by atoms with E-state index in [-0.39, 0.29) is 12.6 Å². The van der Waals surface area contributed by atoms with E-state index in [4.69, 9.17) is 4.74 Å². The van der Waals surface area contributed by atoms with Crippen LogP contribution < -0.4 is 10.1 Å². The topological polar surface area (TPSA) is 67.3 Å². The third kappa shape index (κ3) is 4.17. The van der Waals surface area contributed by atoms with E-state index in [1.165, 1.54) is 21.6 Å². The minimum absolute atomic E-state index is 0.0561. The molecule has 0 fully saturated rings. The fourth-order valence-corrected chi connectivity index (χ4v) is 5.15. The van der Waals surface area contributed by atoms with Crippen molar-refractivity contribution >= 4 is 27.6 Å². The molecule has 2 aromatic carbocycles. The Morgan fingerprint density at radius 1 is 1.25 bits per heavy atom. The van der Waals surface area contributed by atoms with Crippen molar-refractivity contribution in [2.24, 2.45) is 0 Å². The van der Waals surface area contributed by atoms with Crippen LogP contribution in [0.15, 0.2) is 61.1 Å². The molecule has 162 valence electrons. The van der Waals surface area contributed by atoms with Gasteiger partial charge in [-0.2, -0.15) is 0 Å². The second-order valence-corrected chi connectivity index (χ2v) is 9.15. The lowest BCUT2D eigenvalue weighted by atomic mass is 9.91. The SMILES string of the molecule is Cc1sc2ncncc2c1/C=C/C1NCCc2cc(OCc3ccccc3)c(CO)cc21. The van der Waals surface area contributed by atoms with E-state index >= 15 is 0 Å². The lowest BCUT2D eigenvalue weighted by Gasteiger charge is -2.26. The second-order valence-electron chi connectivity index (χ2n) is 7.95. The van der Waals surface area contributed by atoms with Gasteiger partial charge in [-0.15, -0.1) is 11.3 Å². The summed E-state index contributed by atoms with van der Waals surface area (Å²) in [7, 11) is 0. The molecule has 2 N–H and O–H groups in total. The molecule has 0 radical (unpaired) electrons. The Morgan fingerprint density at radius 3 is 2.97 bits per heavy atom. The van der Waals surface area contributed by atoms with Crippen LogP contribution in [-0.4, -0.2) is 21.6 Å². The molecule has 0 spiro atoms. The lowest BCUT2D eigenvalue weighted by molar-refractivity contribution is 0.258. The molecule has 0 saturated carbocycles. The zero-order chi connectivity index (χ0) is 21.9. The van der Waals surface area contributed by atoms with Gasteiger partial charge in [-0.1, -0.05) is 42.5 Å². The molecule has 1 aliphatic rings. The van der Waals surface area contributed by atoms with Crippen molar-refractivity contribution < 1.29 is 9.84 Å².